The maximum atomic E-state index is 11.8. The van der Waals surface area contributed by atoms with E-state index in [0.29, 0.717) is 25.2 Å². The van der Waals surface area contributed by atoms with E-state index in [9.17, 15) is 20.1 Å². The molecule has 0 aromatic carbocycles. The second-order valence-electron chi connectivity index (χ2n) is 13.9. The predicted octanol–water partition coefficient (Wildman–Crippen LogP) is 7.01. The summed E-state index contributed by atoms with van der Waals surface area (Å²) in [6, 6.07) is 0. The summed E-state index contributed by atoms with van der Waals surface area (Å²) in [7, 11) is 0. The third kappa shape index (κ3) is 4.67. The summed E-state index contributed by atoms with van der Waals surface area (Å²) in [6.07, 6.45) is 6.48. The van der Waals surface area contributed by atoms with Gasteiger partial charge in [0.2, 0.25) is 0 Å². The van der Waals surface area contributed by atoms with Gasteiger partial charge in [-0.1, -0.05) is 58.9 Å². The van der Waals surface area contributed by atoms with Gasteiger partial charge in [-0.15, -0.1) is 0 Å². The molecule has 3 N–H and O–H groups in total. The number of carboxylic acid groups (broad SMARTS) is 1. The molecule has 1 unspecified atom stereocenters. The van der Waals surface area contributed by atoms with Crippen LogP contribution in [0.4, 0.5) is 0 Å². The first kappa shape index (κ1) is 28.4. The summed E-state index contributed by atoms with van der Waals surface area (Å²) < 4.78 is 0. The van der Waals surface area contributed by atoms with E-state index in [-0.39, 0.29) is 46.3 Å². The Balaban J connectivity index is 1.96. The number of fused-ring (bicyclic) bond motifs is 3. The van der Waals surface area contributed by atoms with E-state index >= 15 is 0 Å². The molecule has 3 rings (SSSR count). The van der Waals surface area contributed by atoms with Crippen LogP contribution in [0.5, 0.6) is 0 Å². The van der Waals surface area contributed by atoms with Crippen LogP contribution in [0.15, 0.2) is 24.3 Å². The largest absolute Gasteiger partial charge is 0.481 e. The Labute approximate surface area is 214 Å². The number of aliphatic hydroxyl groups excluding tert-OH is 1. The number of hydrogen-bond acceptors (Lipinski definition) is 3. The summed E-state index contributed by atoms with van der Waals surface area (Å²) in [6.45, 7) is 24.0. The van der Waals surface area contributed by atoms with Gasteiger partial charge in [-0.25, -0.2) is 0 Å². The zero-order valence-electron chi connectivity index (χ0n) is 23.5. The lowest BCUT2D eigenvalue weighted by Gasteiger charge is -2.67. The van der Waals surface area contributed by atoms with E-state index < -0.39 is 17.7 Å². The molecule has 200 valence electrons. The first-order valence-electron chi connectivity index (χ1n) is 14.0. The minimum absolute atomic E-state index is 0.0114. The Hall–Kier alpha value is -1.13. The summed E-state index contributed by atoms with van der Waals surface area (Å²) in [4.78, 5) is 11.6. The van der Waals surface area contributed by atoms with Gasteiger partial charge < -0.3 is 15.3 Å². The number of rotatable bonds is 9. The van der Waals surface area contributed by atoms with Gasteiger partial charge in [0.1, 0.15) is 0 Å². The fourth-order valence-electron chi connectivity index (χ4n) is 9.24. The van der Waals surface area contributed by atoms with Crippen molar-refractivity contribution in [1.29, 1.82) is 0 Å². The number of aliphatic carboxylic acids is 1. The Morgan fingerprint density at radius 2 is 1.69 bits per heavy atom. The van der Waals surface area contributed by atoms with Crippen LogP contribution in [0.3, 0.4) is 0 Å². The van der Waals surface area contributed by atoms with Crippen LogP contribution in [0.2, 0.25) is 0 Å². The van der Waals surface area contributed by atoms with Gasteiger partial charge in [0.25, 0.3) is 0 Å². The smallest absolute Gasteiger partial charge is 0.303 e. The van der Waals surface area contributed by atoms with E-state index in [0.717, 1.165) is 37.7 Å². The highest BCUT2D eigenvalue weighted by molar-refractivity contribution is 5.66. The van der Waals surface area contributed by atoms with Crippen molar-refractivity contribution in [2.24, 2.45) is 45.8 Å². The molecule has 0 spiro atoms. The average Bonchev–Trinajstić information content (AvgIpc) is 3.13. The molecule has 9 atom stereocenters. The quantitative estimate of drug-likeness (QED) is 0.305. The molecule has 0 aliphatic heterocycles. The van der Waals surface area contributed by atoms with Crippen molar-refractivity contribution in [3.63, 3.8) is 0 Å². The maximum absolute atomic E-state index is 11.8. The highest BCUT2D eigenvalue weighted by Gasteiger charge is 2.69. The van der Waals surface area contributed by atoms with Crippen LogP contribution >= 0.6 is 0 Å². The lowest BCUT2D eigenvalue weighted by Crippen LogP contribution is -2.63. The highest BCUT2D eigenvalue weighted by atomic mass is 16.4. The molecular formula is C31H52O4. The molecule has 3 saturated carbocycles. The summed E-state index contributed by atoms with van der Waals surface area (Å²) in [5.41, 5.74) is 1.16. The lowest BCUT2D eigenvalue weighted by atomic mass is 9.37. The molecule has 35 heavy (non-hydrogen) atoms. The zero-order chi connectivity index (χ0) is 26.6. The van der Waals surface area contributed by atoms with Gasteiger partial charge >= 0.3 is 5.97 Å². The molecular weight excluding hydrogens is 436 g/mol. The fraction of sp³-hybridized carbons (Fsp3) is 0.839. The SMILES string of the molecule is C=C(CC[C@](C)(O)[C@H]1CC[C@]2(C)[C@@H]1[C@H](O)CC1[C@@](C)(CCC(=O)O)[C@H](C(=C)C)CC[C@]12C)C(C)C. The van der Waals surface area contributed by atoms with Crippen molar-refractivity contribution in [3.05, 3.63) is 24.3 Å². The van der Waals surface area contributed by atoms with Crippen molar-refractivity contribution >= 4 is 5.97 Å². The normalized spacial score (nSPS) is 42.7. The Morgan fingerprint density at radius 3 is 2.23 bits per heavy atom. The molecule has 4 nitrogen and oxygen atoms in total. The second kappa shape index (κ2) is 9.63. The standard InChI is InChI=1S/C31H52O4/c1-19(2)21(5)10-17-31(9,35)23-12-16-30(8)27(23)24(32)18-25-28(6,14-13-26(33)34)22(20(3)4)11-15-29(25,30)7/h19,22-25,27,32,35H,3,5,10-18H2,1-2,4,6-9H3,(H,33,34)/t22-,23-,24+,25?,27-,28-,29+,30+,31-/m0/s1. The number of allylic oxidation sites excluding steroid dienone is 2. The summed E-state index contributed by atoms with van der Waals surface area (Å²) in [5.74, 6) is 0.270. The van der Waals surface area contributed by atoms with Crippen LogP contribution < -0.4 is 0 Å². The van der Waals surface area contributed by atoms with Crippen LogP contribution in [-0.2, 0) is 4.79 Å². The van der Waals surface area contributed by atoms with E-state index in [1.54, 1.807) is 0 Å². The third-order valence-corrected chi connectivity index (χ3v) is 11.7. The van der Waals surface area contributed by atoms with E-state index in [1.807, 2.05) is 6.92 Å². The Kier molecular flexibility index (Phi) is 7.83. The van der Waals surface area contributed by atoms with Crippen molar-refractivity contribution in [2.75, 3.05) is 0 Å². The minimum Gasteiger partial charge on any atom is -0.481 e. The van der Waals surface area contributed by atoms with Gasteiger partial charge in [-0.05, 0) is 111 Å². The van der Waals surface area contributed by atoms with Crippen molar-refractivity contribution in [2.45, 2.75) is 118 Å². The topological polar surface area (TPSA) is 77.8 Å². The van der Waals surface area contributed by atoms with Gasteiger partial charge in [0.05, 0.1) is 11.7 Å². The van der Waals surface area contributed by atoms with E-state index in [4.69, 9.17) is 0 Å². The first-order chi connectivity index (χ1) is 16.0. The van der Waals surface area contributed by atoms with E-state index in [2.05, 4.69) is 54.7 Å². The van der Waals surface area contributed by atoms with Crippen molar-refractivity contribution in [1.82, 2.24) is 0 Å². The molecule has 0 aromatic heterocycles. The maximum Gasteiger partial charge on any atom is 0.303 e. The lowest BCUT2D eigenvalue weighted by molar-refractivity contribution is -0.213. The van der Waals surface area contributed by atoms with Crippen LogP contribution in [0.1, 0.15) is 106 Å². The summed E-state index contributed by atoms with van der Waals surface area (Å²) in [5, 5.41) is 33.0. The molecule has 0 amide bonds. The molecule has 3 aliphatic carbocycles. The zero-order valence-corrected chi connectivity index (χ0v) is 23.5. The van der Waals surface area contributed by atoms with Gasteiger partial charge in [-0.2, -0.15) is 0 Å². The average molecular weight is 489 g/mol. The Bertz CT molecular complexity index is 843. The molecule has 0 aromatic rings. The van der Waals surface area contributed by atoms with Gasteiger partial charge in [0, 0.05) is 6.42 Å². The Morgan fingerprint density at radius 1 is 1.09 bits per heavy atom. The number of hydrogen-bond donors (Lipinski definition) is 3. The molecule has 0 heterocycles. The highest BCUT2D eigenvalue weighted by Crippen LogP contribution is 2.74. The minimum atomic E-state index is -0.841. The number of carbonyl (C=O) groups is 1. The first-order valence-corrected chi connectivity index (χ1v) is 14.0. The van der Waals surface area contributed by atoms with Crippen LogP contribution in [-0.4, -0.2) is 33.0 Å². The van der Waals surface area contributed by atoms with Crippen molar-refractivity contribution in [3.8, 4) is 0 Å². The molecule has 3 aliphatic rings. The fourth-order valence-corrected chi connectivity index (χ4v) is 9.24. The number of carboxylic acids is 1. The molecule has 4 heteroatoms. The molecule has 0 radical (unpaired) electrons. The van der Waals surface area contributed by atoms with E-state index in [1.165, 1.54) is 5.57 Å². The summed E-state index contributed by atoms with van der Waals surface area (Å²) >= 11 is 0. The van der Waals surface area contributed by atoms with Crippen molar-refractivity contribution < 1.29 is 20.1 Å². The monoisotopic (exact) mass is 488 g/mol. The molecule has 0 bridgehead atoms. The van der Waals surface area contributed by atoms with Crippen LogP contribution in [0.25, 0.3) is 0 Å². The van der Waals surface area contributed by atoms with Crippen LogP contribution in [0, 0.1) is 45.8 Å². The number of aliphatic hydroxyl groups is 2. The second-order valence-corrected chi connectivity index (χ2v) is 13.9. The molecule has 3 fully saturated rings. The van der Waals surface area contributed by atoms with Gasteiger partial charge in [0.15, 0.2) is 0 Å². The third-order valence-electron chi connectivity index (χ3n) is 11.7. The molecule has 0 saturated heterocycles. The van der Waals surface area contributed by atoms with Gasteiger partial charge in [-0.3, -0.25) is 4.79 Å². The predicted molar refractivity (Wildman–Crippen MR) is 143 cm³/mol.